The van der Waals surface area contributed by atoms with Crippen molar-refractivity contribution in [3.63, 3.8) is 0 Å². The van der Waals surface area contributed by atoms with E-state index in [1.807, 2.05) is 54.7 Å². The SMILES string of the molecule is C.C.COc1cnc(-n2cnc(C)n2)c2[nH]cc(C(=O)C(=O)N3CCN(c4cncnc4-c4ccccc4)CC3)c12.COc1cnc(-n2cnc(C)n2)c2[nH]cc(C(=O)C(=O)O)c12.c1ccc(-c2ncncc2N2CCNCC2)cc1. The number of anilines is 2. The lowest BCUT2D eigenvalue weighted by Crippen LogP contribution is -2.50. The number of pyridine rings is 2. The van der Waals surface area contributed by atoms with Gasteiger partial charge in [0.05, 0.1) is 94.7 Å². The van der Waals surface area contributed by atoms with Crippen LogP contribution in [0, 0.1) is 13.8 Å². The number of rotatable bonds is 12. The zero-order valence-electron chi connectivity index (χ0n) is 43.3. The third-order valence-electron chi connectivity index (χ3n) is 13.1. The number of aliphatic carboxylic acids is 1. The number of hydrogen-bond acceptors (Lipinski definition) is 19. The van der Waals surface area contributed by atoms with E-state index in [0.717, 1.165) is 60.1 Å². The number of methoxy groups -OCH3 is 2. The van der Waals surface area contributed by atoms with E-state index in [4.69, 9.17) is 14.6 Å². The number of fused-ring (bicyclic) bond motifs is 2. The Balaban J connectivity index is 0.000000173. The molecule has 2 aromatic carbocycles. The molecular formula is C56H60N18O7. The zero-order valence-corrected chi connectivity index (χ0v) is 43.3. The van der Waals surface area contributed by atoms with Crippen molar-refractivity contribution in [2.75, 3.05) is 76.4 Å². The van der Waals surface area contributed by atoms with Crippen molar-refractivity contribution < 1.29 is 33.8 Å². The fourth-order valence-corrected chi connectivity index (χ4v) is 9.29. The van der Waals surface area contributed by atoms with Gasteiger partial charge in [0, 0.05) is 75.9 Å². The molecule has 0 unspecified atom stereocenters. The molecule has 2 aliphatic heterocycles. The monoisotopic (exact) mass is 1100 g/mol. The number of benzene rings is 2. The highest BCUT2D eigenvalue weighted by atomic mass is 16.5. The van der Waals surface area contributed by atoms with Crippen LogP contribution in [-0.2, 0) is 9.59 Å². The molecule has 0 atom stereocenters. The van der Waals surface area contributed by atoms with Crippen molar-refractivity contribution in [2.45, 2.75) is 28.7 Å². The lowest BCUT2D eigenvalue weighted by molar-refractivity contribution is -0.131. The van der Waals surface area contributed by atoms with Crippen LogP contribution in [0.2, 0.25) is 0 Å². The van der Waals surface area contributed by atoms with Gasteiger partial charge in [0.25, 0.3) is 17.5 Å². The van der Waals surface area contributed by atoms with Crippen LogP contribution in [0.4, 0.5) is 11.4 Å². The summed E-state index contributed by atoms with van der Waals surface area (Å²) >= 11 is 0. The molecular weight excluding hydrogens is 1040 g/mol. The first-order valence-electron chi connectivity index (χ1n) is 24.9. The molecule has 0 radical (unpaired) electrons. The minimum absolute atomic E-state index is 0. The summed E-state index contributed by atoms with van der Waals surface area (Å²) in [5, 5.41) is 21.6. The Morgan fingerprint density at radius 1 is 0.556 bits per heavy atom. The number of nitrogens with zero attached hydrogens (tertiary/aromatic N) is 15. The van der Waals surface area contributed by atoms with Crippen molar-refractivity contribution in [3.8, 4) is 45.6 Å². The number of aromatic nitrogens is 14. The van der Waals surface area contributed by atoms with Crippen LogP contribution < -0.4 is 24.6 Å². The summed E-state index contributed by atoms with van der Waals surface area (Å²) in [5.74, 6) is -1.11. The van der Waals surface area contributed by atoms with Gasteiger partial charge in [-0.3, -0.25) is 14.4 Å². The van der Waals surface area contributed by atoms with Gasteiger partial charge in [-0.05, 0) is 13.8 Å². The Bertz CT molecular complexity index is 3810. The maximum absolute atomic E-state index is 13.5. The molecule has 10 heterocycles. The van der Waals surface area contributed by atoms with Crippen molar-refractivity contribution in [1.82, 2.24) is 79.6 Å². The number of amides is 1. The number of aromatic amines is 2. The van der Waals surface area contributed by atoms with Crippen molar-refractivity contribution >= 4 is 56.6 Å². The van der Waals surface area contributed by atoms with E-state index in [-0.39, 0.29) is 26.0 Å². The summed E-state index contributed by atoms with van der Waals surface area (Å²) in [6.45, 7) is 9.41. The van der Waals surface area contributed by atoms with Gasteiger partial charge in [0.2, 0.25) is 0 Å². The number of carbonyl (C=O) groups excluding carboxylic acids is 3. The first-order valence-corrected chi connectivity index (χ1v) is 24.9. The van der Waals surface area contributed by atoms with Crippen LogP contribution in [0.3, 0.4) is 0 Å². The summed E-state index contributed by atoms with van der Waals surface area (Å²) < 4.78 is 13.6. The Labute approximate surface area is 465 Å². The number of carboxylic acids is 1. The molecule has 25 heteroatoms. The number of aryl methyl sites for hydroxylation is 2. The third-order valence-corrected chi connectivity index (χ3v) is 13.1. The van der Waals surface area contributed by atoms with Crippen LogP contribution in [0.25, 0.3) is 56.0 Å². The largest absolute Gasteiger partial charge is 0.494 e. The lowest BCUT2D eigenvalue weighted by atomic mass is 10.1. The molecule has 0 spiro atoms. The second-order valence-electron chi connectivity index (χ2n) is 17.9. The van der Waals surface area contributed by atoms with E-state index in [1.165, 1.54) is 67.4 Å². The minimum Gasteiger partial charge on any atom is -0.494 e. The van der Waals surface area contributed by atoms with Crippen LogP contribution in [0.1, 0.15) is 47.2 Å². The zero-order chi connectivity index (χ0) is 55.0. The molecule has 25 nitrogen and oxygen atoms in total. The highest BCUT2D eigenvalue weighted by Gasteiger charge is 2.31. The van der Waals surface area contributed by atoms with Gasteiger partial charge in [-0.25, -0.2) is 54.0 Å². The molecule has 8 aromatic heterocycles. The molecule has 0 aliphatic carbocycles. The third kappa shape index (κ3) is 11.9. The standard InChI is InChI=1S/C27H25N9O3.C14H16N4.C13H11N5O4.2CH4/c1-17-32-16-36(33-17)26-24-22(21(39-2)14-30-26)19(12-29-24)25(37)27(38)35-10-8-34(9-11-35)20-13-28-15-31-23(20)18-6-4-3-5-7-18;1-2-4-12(5-3-1)14-13(10-16-11-17-14)18-8-6-15-7-9-18;1-6-16-5-18(17-6)12-10-9(8(22-2)4-15-12)7(3-14-10)11(19)13(20)21;;/h3-7,12-16,29H,8-11H2,1-2H3;1-5,10-11,15H,6-9H2;3-5,14H,1-2H3,(H,20,21);2*1H4. The number of carboxylic acid groups (broad SMARTS) is 1. The average molecular weight is 1100 g/mol. The highest BCUT2D eigenvalue weighted by Crippen LogP contribution is 2.34. The van der Waals surface area contributed by atoms with Crippen LogP contribution in [-0.4, -0.2) is 169 Å². The number of hydrogen-bond donors (Lipinski definition) is 4. The highest BCUT2D eigenvalue weighted by molar-refractivity contribution is 6.45. The number of H-pyrrole nitrogens is 2. The maximum atomic E-state index is 13.5. The molecule has 2 fully saturated rings. The van der Waals surface area contributed by atoms with Crippen molar-refractivity contribution in [1.29, 1.82) is 0 Å². The molecule has 0 saturated carbocycles. The molecule has 12 rings (SSSR count). The molecule has 10 aromatic rings. The lowest BCUT2D eigenvalue weighted by Gasteiger charge is -2.36. The fourth-order valence-electron chi connectivity index (χ4n) is 9.29. The summed E-state index contributed by atoms with van der Waals surface area (Å²) in [4.78, 5) is 95.8. The Morgan fingerprint density at radius 3 is 1.42 bits per heavy atom. The van der Waals surface area contributed by atoms with Crippen molar-refractivity contribution in [2.24, 2.45) is 0 Å². The Kier molecular flexibility index (Phi) is 17.9. The van der Waals surface area contributed by atoms with Gasteiger partial charge < -0.3 is 44.6 Å². The normalized spacial score (nSPS) is 13.0. The molecule has 2 aliphatic rings. The smallest absolute Gasteiger partial charge is 0.377 e. The molecule has 1 amide bonds. The van der Waals surface area contributed by atoms with Crippen LogP contribution >= 0.6 is 0 Å². The molecule has 4 N–H and O–H groups in total. The van der Waals surface area contributed by atoms with Gasteiger partial charge >= 0.3 is 5.97 Å². The van der Waals surface area contributed by atoms with E-state index in [9.17, 15) is 19.2 Å². The van der Waals surface area contributed by atoms with E-state index in [1.54, 1.807) is 31.3 Å². The molecule has 416 valence electrons. The Morgan fingerprint density at radius 2 is 1.00 bits per heavy atom. The van der Waals surface area contributed by atoms with Gasteiger partial charge in [-0.1, -0.05) is 75.5 Å². The van der Waals surface area contributed by atoms with Gasteiger partial charge in [-0.2, -0.15) is 10.2 Å². The van der Waals surface area contributed by atoms with E-state index in [2.05, 4.69) is 87.3 Å². The summed E-state index contributed by atoms with van der Waals surface area (Å²) in [5.41, 5.74) is 7.20. The van der Waals surface area contributed by atoms with Crippen molar-refractivity contribution in [3.05, 3.63) is 146 Å². The number of nitrogens with one attached hydrogen (secondary N) is 3. The molecule has 81 heavy (non-hydrogen) atoms. The number of piperazine rings is 2. The second kappa shape index (κ2) is 25.4. The van der Waals surface area contributed by atoms with Crippen LogP contribution in [0.15, 0.2) is 123 Å². The minimum atomic E-state index is -1.54. The van der Waals surface area contributed by atoms with E-state index >= 15 is 0 Å². The number of ether oxygens (including phenoxy) is 2. The van der Waals surface area contributed by atoms with Gasteiger partial charge in [-0.15, -0.1) is 0 Å². The predicted molar refractivity (Wildman–Crippen MR) is 303 cm³/mol. The Hall–Kier alpha value is -10.3. The van der Waals surface area contributed by atoms with Gasteiger partial charge in [0.1, 0.15) is 48.5 Å². The summed E-state index contributed by atoms with van der Waals surface area (Å²) in [6.07, 6.45) is 15.6. The number of Topliss-reactive ketones (excluding diaryl/α,β-unsaturated/α-hetero) is 2. The number of carbonyl (C=O) groups is 4. The summed E-state index contributed by atoms with van der Waals surface area (Å²) in [6, 6.07) is 20.2. The molecule has 2 saturated heterocycles. The average Bonchev–Trinajstić information content (AvgIpc) is 4.55. The first-order chi connectivity index (χ1) is 38.5. The molecule has 0 bridgehead atoms. The maximum Gasteiger partial charge on any atom is 0.377 e. The topological polar surface area (TPSA) is 299 Å². The van der Waals surface area contributed by atoms with Gasteiger partial charge in [0.15, 0.2) is 11.6 Å². The number of ketones is 2. The predicted octanol–water partition coefficient (Wildman–Crippen LogP) is 6.00. The van der Waals surface area contributed by atoms with Crippen LogP contribution in [0.5, 0.6) is 11.5 Å². The first kappa shape index (κ1) is 56.9. The van der Waals surface area contributed by atoms with E-state index < -0.39 is 23.4 Å². The van der Waals surface area contributed by atoms with E-state index in [0.29, 0.717) is 82.8 Å². The summed E-state index contributed by atoms with van der Waals surface area (Å²) in [7, 11) is 2.91. The second-order valence-corrected chi connectivity index (χ2v) is 17.9. The fraction of sp³-hybridized carbons (Fsp3) is 0.250. The quantitative estimate of drug-likeness (QED) is 0.0805.